The third-order valence-corrected chi connectivity index (χ3v) is 4.16. The molecule has 102 valence electrons. The number of hydrogen-bond donors (Lipinski definition) is 0. The van der Waals surface area contributed by atoms with Crippen LogP contribution in [0.1, 0.15) is 97.8 Å². The van der Waals surface area contributed by atoms with Crippen molar-refractivity contribution < 1.29 is 0 Å². The van der Waals surface area contributed by atoms with Crippen LogP contribution in [0.5, 0.6) is 0 Å². The highest BCUT2D eigenvalue weighted by Crippen LogP contribution is 2.31. The first-order chi connectivity index (χ1) is 8.12. The third-order valence-electron chi connectivity index (χ3n) is 4.16. The summed E-state index contributed by atoms with van der Waals surface area (Å²) in [6, 6.07) is 0. The van der Waals surface area contributed by atoms with E-state index in [0.717, 1.165) is 0 Å². The second-order valence-corrected chi connectivity index (χ2v) is 6.45. The summed E-state index contributed by atoms with van der Waals surface area (Å²) in [5, 5.41) is 0.583. The van der Waals surface area contributed by atoms with E-state index in [1.54, 1.807) is 0 Å². The highest BCUT2D eigenvalue weighted by molar-refractivity contribution is 6.14. The monoisotopic (exact) mass is 238 g/mol. The molecule has 0 saturated heterocycles. The fourth-order valence-corrected chi connectivity index (χ4v) is 2.27. The maximum atomic E-state index is 2.40. The Bertz CT molecular complexity index is 152. The number of unbranched alkanes of at least 4 members (excludes halogenated alkanes) is 9. The standard InChI is InChI=1S/C16H35B/c1-4-6-7-8-9-10-11-12-13-14-15-16(3,17)5-2/h4-15,17H2,1-3H3. The van der Waals surface area contributed by atoms with Crippen LogP contribution in [-0.4, -0.2) is 7.85 Å². The Hall–Kier alpha value is 0.0649. The molecule has 0 rings (SSSR count). The summed E-state index contributed by atoms with van der Waals surface area (Å²) in [6.07, 6.45) is 17.3. The van der Waals surface area contributed by atoms with Crippen LogP contribution < -0.4 is 0 Å². The van der Waals surface area contributed by atoms with Gasteiger partial charge in [-0.15, -0.1) is 0 Å². The van der Waals surface area contributed by atoms with Crippen molar-refractivity contribution in [1.29, 1.82) is 0 Å². The van der Waals surface area contributed by atoms with Crippen molar-refractivity contribution in [2.24, 2.45) is 0 Å². The van der Waals surface area contributed by atoms with Gasteiger partial charge in [0.2, 0.25) is 0 Å². The lowest BCUT2D eigenvalue weighted by Gasteiger charge is -2.22. The Morgan fingerprint density at radius 2 is 1.12 bits per heavy atom. The van der Waals surface area contributed by atoms with Crippen LogP contribution in [0.3, 0.4) is 0 Å². The van der Waals surface area contributed by atoms with Gasteiger partial charge in [0.05, 0.1) is 0 Å². The van der Waals surface area contributed by atoms with Gasteiger partial charge < -0.3 is 0 Å². The van der Waals surface area contributed by atoms with E-state index in [9.17, 15) is 0 Å². The highest BCUT2D eigenvalue weighted by Gasteiger charge is 2.13. The van der Waals surface area contributed by atoms with Gasteiger partial charge in [-0.2, -0.15) is 0 Å². The topological polar surface area (TPSA) is 0 Å². The molecule has 1 unspecified atom stereocenters. The molecule has 0 spiro atoms. The molecule has 1 heteroatoms. The average Bonchev–Trinajstić information content (AvgIpc) is 2.31. The van der Waals surface area contributed by atoms with E-state index in [-0.39, 0.29) is 0 Å². The molecule has 0 N–H and O–H groups in total. The van der Waals surface area contributed by atoms with Crippen molar-refractivity contribution in [1.82, 2.24) is 0 Å². The van der Waals surface area contributed by atoms with Crippen LogP contribution in [0.4, 0.5) is 0 Å². The third kappa shape index (κ3) is 12.3. The van der Waals surface area contributed by atoms with Crippen molar-refractivity contribution in [2.75, 3.05) is 0 Å². The van der Waals surface area contributed by atoms with Crippen LogP contribution in [0, 0.1) is 0 Å². The summed E-state index contributed by atoms with van der Waals surface area (Å²) in [6.45, 7) is 7.01. The van der Waals surface area contributed by atoms with E-state index in [1.165, 1.54) is 77.0 Å². The maximum absolute atomic E-state index is 2.40. The molecule has 0 bridgehead atoms. The Kier molecular flexibility index (Phi) is 11.2. The smallest absolute Gasteiger partial charge is 0.0669 e. The zero-order valence-electron chi connectivity index (χ0n) is 13.0. The summed E-state index contributed by atoms with van der Waals surface area (Å²) in [5.41, 5.74) is 0. The van der Waals surface area contributed by atoms with Crippen molar-refractivity contribution in [3.63, 3.8) is 0 Å². The molecule has 0 nitrogen and oxygen atoms in total. The summed E-state index contributed by atoms with van der Waals surface area (Å²) < 4.78 is 0. The van der Waals surface area contributed by atoms with Gasteiger partial charge in [-0.1, -0.05) is 103 Å². The fourth-order valence-electron chi connectivity index (χ4n) is 2.27. The molecule has 0 fully saturated rings. The highest BCUT2D eigenvalue weighted by atomic mass is 14.1. The van der Waals surface area contributed by atoms with E-state index in [1.807, 2.05) is 0 Å². The first-order valence-electron chi connectivity index (χ1n) is 8.12. The molecule has 1 atom stereocenters. The Labute approximate surface area is 111 Å². The van der Waals surface area contributed by atoms with Gasteiger partial charge in [0.1, 0.15) is 7.85 Å². The summed E-state index contributed by atoms with van der Waals surface area (Å²) in [4.78, 5) is 0. The molecule has 0 heterocycles. The Morgan fingerprint density at radius 1 is 0.706 bits per heavy atom. The van der Waals surface area contributed by atoms with Gasteiger partial charge in [-0.3, -0.25) is 0 Å². The predicted molar refractivity (Wildman–Crippen MR) is 83.7 cm³/mol. The Balaban J connectivity index is 3.09. The second kappa shape index (κ2) is 11.2. The largest absolute Gasteiger partial charge is 0.109 e. The molecular formula is C16H35B. The van der Waals surface area contributed by atoms with E-state index < -0.39 is 0 Å². The van der Waals surface area contributed by atoms with Crippen LogP contribution >= 0.6 is 0 Å². The quantitative estimate of drug-likeness (QED) is 0.310. The lowest BCUT2D eigenvalue weighted by molar-refractivity contribution is 0.486. The van der Waals surface area contributed by atoms with Crippen molar-refractivity contribution in [3.05, 3.63) is 0 Å². The van der Waals surface area contributed by atoms with Gasteiger partial charge in [0, 0.05) is 0 Å². The Morgan fingerprint density at radius 3 is 1.53 bits per heavy atom. The fraction of sp³-hybridized carbons (Fsp3) is 1.00. The maximum Gasteiger partial charge on any atom is 0.109 e. The van der Waals surface area contributed by atoms with E-state index >= 15 is 0 Å². The molecule has 0 aromatic carbocycles. The first kappa shape index (κ1) is 17.1. The van der Waals surface area contributed by atoms with E-state index in [2.05, 4.69) is 28.6 Å². The predicted octanol–water partition coefficient (Wildman–Crippen LogP) is 5.52. The molecule has 0 aliphatic carbocycles. The zero-order chi connectivity index (χ0) is 13.0. The van der Waals surface area contributed by atoms with Crippen molar-refractivity contribution in [2.45, 2.75) is 103 Å². The van der Waals surface area contributed by atoms with Gasteiger partial charge in [-0.25, -0.2) is 0 Å². The van der Waals surface area contributed by atoms with Crippen LogP contribution in [0.15, 0.2) is 0 Å². The molecule has 0 aromatic rings. The lowest BCUT2D eigenvalue weighted by atomic mass is 9.65. The van der Waals surface area contributed by atoms with Crippen LogP contribution in [-0.2, 0) is 0 Å². The minimum atomic E-state index is 0.583. The van der Waals surface area contributed by atoms with Crippen LogP contribution in [0.2, 0.25) is 5.31 Å². The van der Waals surface area contributed by atoms with Gasteiger partial charge in [0.15, 0.2) is 0 Å². The molecule has 0 aromatic heterocycles. The molecular weight excluding hydrogens is 203 g/mol. The van der Waals surface area contributed by atoms with Crippen molar-refractivity contribution in [3.8, 4) is 0 Å². The zero-order valence-corrected chi connectivity index (χ0v) is 13.0. The van der Waals surface area contributed by atoms with E-state index in [4.69, 9.17) is 0 Å². The molecule has 0 saturated carbocycles. The van der Waals surface area contributed by atoms with Gasteiger partial charge in [0.25, 0.3) is 0 Å². The minimum absolute atomic E-state index is 0.583. The van der Waals surface area contributed by atoms with Crippen LogP contribution in [0.25, 0.3) is 0 Å². The first-order valence-corrected chi connectivity index (χ1v) is 8.12. The van der Waals surface area contributed by atoms with Gasteiger partial charge >= 0.3 is 0 Å². The SMILES string of the molecule is BC(C)(CC)CCCCCCCCCCCC. The minimum Gasteiger partial charge on any atom is -0.0669 e. The van der Waals surface area contributed by atoms with Crippen molar-refractivity contribution >= 4 is 7.85 Å². The average molecular weight is 238 g/mol. The number of rotatable bonds is 12. The normalized spacial score (nSPS) is 14.8. The summed E-state index contributed by atoms with van der Waals surface area (Å²) in [7, 11) is 2.40. The summed E-state index contributed by atoms with van der Waals surface area (Å²) >= 11 is 0. The lowest BCUT2D eigenvalue weighted by Crippen LogP contribution is -2.05. The van der Waals surface area contributed by atoms with Gasteiger partial charge in [-0.05, 0) is 0 Å². The number of hydrogen-bond acceptors (Lipinski definition) is 0. The molecule has 0 aliphatic rings. The van der Waals surface area contributed by atoms with E-state index in [0.29, 0.717) is 5.31 Å². The molecule has 0 aliphatic heterocycles. The second-order valence-electron chi connectivity index (χ2n) is 6.45. The summed E-state index contributed by atoms with van der Waals surface area (Å²) in [5.74, 6) is 0. The molecule has 0 radical (unpaired) electrons. The molecule has 17 heavy (non-hydrogen) atoms. The molecule has 0 amide bonds.